The second-order valence-corrected chi connectivity index (χ2v) is 5.83. The summed E-state index contributed by atoms with van der Waals surface area (Å²) < 4.78 is 5.77. The molecule has 0 aromatic heterocycles. The molecule has 0 saturated carbocycles. The smallest absolute Gasteiger partial charge is 0.237 e. The van der Waals surface area contributed by atoms with Gasteiger partial charge >= 0.3 is 0 Å². The molecule has 2 rings (SSSR count). The highest BCUT2D eigenvalue weighted by Crippen LogP contribution is 2.18. The molecule has 0 radical (unpaired) electrons. The van der Waals surface area contributed by atoms with Gasteiger partial charge in [0.25, 0.3) is 0 Å². The van der Waals surface area contributed by atoms with Crippen molar-refractivity contribution in [1.29, 1.82) is 0 Å². The third-order valence-electron chi connectivity index (χ3n) is 3.65. The number of ether oxygens (including phenoxy) is 1. The summed E-state index contributed by atoms with van der Waals surface area (Å²) in [6.07, 6.45) is 0.0321. The molecule has 6 heteroatoms. The van der Waals surface area contributed by atoms with Crippen LogP contribution in [0.2, 0.25) is 0 Å². The molecule has 1 aromatic rings. The maximum absolute atomic E-state index is 12.0. The summed E-state index contributed by atoms with van der Waals surface area (Å²) in [5.41, 5.74) is 0.952. The van der Waals surface area contributed by atoms with Crippen molar-refractivity contribution in [2.75, 3.05) is 33.8 Å². The van der Waals surface area contributed by atoms with E-state index in [9.17, 15) is 9.90 Å². The molecule has 1 aliphatic rings. The molecule has 3 N–H and O–H groups in total. The normalized spacial score (nSPS) is 21.1. The average Bonchev–Trinajstić information content (AvgIpc) is 2.92. The maximum atomic E-state index is 12.0. The summed E-state index contributed by atoms with van der Waals surface area (Å²) in [5, 5.41) is 15.4. The van der Waals surface area contributed by atoms with Gasteiger partial charge in [0.05, 0.1) is 12.1 Å². The standard InChI is InChI=1S/C16H25N3O3/c1-19(2)7-8-22-15-6-4-3-5-12(15)10-18-16(21)14-9-13(20)11-17-14/h3-6,13-14,17,20H,7-11H2,1-2H3,(H,18,21). The average molecular weight is 307 g/mol. The van der Waals surface area contributed by atoms with Crippen LogP contribution < -0.4 is 15.4 Å². The summed E-state index contributed by atoms with van der Waals surface area (Å²) in [7, 11) is 4.00. The zero-order valence-corrected chi connectivity index (χ0v) is 13.2. The van der Waals surface area contributed by atoms with Crippen LogP contribution in [0.25, 0.3) is 0 Å². The van der Waals surface area contributed by atoms with Gasteiger partial charge in [-0.3, -0.25) is 4.79 Å². The third kappa shape index (κ3) is 4.98. The molecule has 122 valence electrons. The lowest BCUT2D eigenvalue weighted by Crippen LogP contribution is -2.40. The largest absolute Gasteiger partial charge is 0.492 e. The van der Waals surface area contributed by atoms with Crippen LogP contribution in [0.5, 0.6) is 5.75 Å². The Balaban J connectivity index is 1.85. The molecule has 1 aromatic carbocycles. The minimum absolute atomic E-state index is 0.0837. The molecule has 2 atom stereocenters. The molecular formula is C16H25N3O3. The Kier molecular flexibility index (Phi) is 6.18. The Morgan fingerprint density at radius 3 is 2.91 bits per heavy atom. The van der Waals surface area contributed by atoms with Crippen molar-refractivity contribution >= 4 is 5.91 Å². The topological polar surface area (TPSA) is 73.8 Å². The number of hydrogen-bond acceptors (Lipinski definition) is 5. The van der Waals surface area contributed by atoms with Gasteiger partial charge in [-0.1, -0.05) is 18.2 Å². The van der Waals surface area contributed by atoms with Crippen molar-refractivity contribution in [1.82, 2.24) is 15.5 Å². The Bertz CT molecular complexity index is 493. The number of benzene rings is 1. The maximum Gasteiger partial charge on any atom is 0.237 e. The van der Waals surface area contributed by atoms with Crippen LogP contribution in [-0.4, -0.2) is 61.9 Å². The number of carbonyl (C=O) groups is 1. The number of carbonyl (C=O) groups excluding carboxylic acids is 1. The van der Waals surface area contributed by atoms with Gasteiger partial charge in [-0.25, -0.2) is 0 Å². The number of hydrogen-bond donors (Lipinski definition) is 3. The van der Waals surface area contributed by atoms with Crippen molar-refractivity contribution in [2.45, 2.75) is 25.1 Å². The number of β-amino-alcohol motifs (C(OH)–C–C–N with tert-alkyl or cyclic N) is 1. The fraction of sp³-hybridized carbons (Fsp3) is 0.562. The number of nitrogens with one attached hydrogen (secondary N) is 2. The molecule has 1 saturated heterocycles. The van der Waals surface area contributed by atoms with Crippen LogP contribution in [0.3, 0.4) is 0 Å². The summed E-state index contributed by atoms with van der Waals surface area (Å²) in [6, 6.07) is 7.40. The lowest BCUT2D eigenvalue weighted by molar-refractivity contribution is -0.123. The van der Waals surface area contributed by atoms with Gasteiger partial charge in [-0.2, -0.15) is 0 Å². The zero-order valence-electron chi connectivity index (χ0n) is 13.2. The van der Waals surface area contributed by atoms with E-state index in [1.54, 1.807) is 0 Å². The van der Waals surface area contributed by atoms with Crippen molar-refractivity contribution in [2.24, 2.45) is 0 Å². The first-order valence-electron chi connectivity index (χ1n) is 7.61. The number of nitrogens with zero attached hydrogens (tertiary/aromatic N) is 1. The fourth-order valence-corrected chi connectivity index (χ4v) is 2.35. The van der Waals surface area contributed by atoms with Crippen molar-refractivity contribution in [3.8, 4) is 5.75 Å². The van der Waals surface area contributed by atoms with E-state index in [1.165, 1.54) is 0 Å². The number of amides is 1. The van der Waals surface area contributed by atoms with Crippen LogP contribution in [0.1, 0.15) is 12.0 Å². The van der Waals surface area contributed by atoms with Crippen LogP contribution in [0, 0.1) is 0 Å². The van der Waals surface area contributed by atoms with Crippen LogP contribution in [0.15, 0.2) is 24.3 Å². The van der Waals surface area contributed by atoms with Gasteiger partial charge in [0.2, 0.25) is 5.91 Å². The van der Waals surface area contributed by atoms with E-state index in [-0.39, 0.29) is 11.9 Å². The molecule has 1 aliphatic heterocycles. The zero-order chi connectivity index (χ0) is 15.9. The molecule has 1 heterocycles. The molecule has 1 fully saturated rings. The minimum Gasteiger partial charge on any atom is -0.492 e. The number of rotatable bonds is 7. The second-order valence-electron chi connectivity index (χ2n) is 5.83. The Labute approximate surface area is 131 Å². The van der Waals surface area contributed by atoms with E-state index >= 15 is 0 Å². The van der Waals surface area contributed by atoms with Crippen molar-refractivity contribution < 1.29 is 14.6 Å². The predicted molar refractivity (Wildman–Crippen MR) is 84.8 cm³/mol. The van der Waals surface area contributed by atoms with E-state index < -0.39 is 6.10 Å². The van der Waals surface area contributed by atoms with E-state index in [0.29, 0.717) is 26.1 Å². The van der Waals surface area contributed by atoms with Gasteiger partial charge in [-0.05, 0) is 26.6 Å². The first-order valence-corrected chi connectivity index (χ1v) is 7.61. The van der Waals surface area contributed by atoms with Crippen LogP contribution in [-0.2, 0) is 11.3 Å². The Hall–Kier alpha value is -1.63. The number of aliphatic hydroxyl groups excluding tert-OH is 1. The fourth-order valence-electron chi connectivity index (χ4n) is 2.35. The lowest BCUT2D eigenvalue weighted by atomic mass is 10.1. The number of para-hydroxylation sites is 1. The van der Waals surface area contributed by atoms with Crippen molar-refractivity contribution in [3.05, 3.63) is 29.8 Å². The van der Waals surface area contributed by atoms with Gasteiger partial charge in [0, 0.05) is 25.2 Å². The first-order chi connectivity index (χ1) is 10.6. The number of likely N-dealkylation sites (N-methyl/N-ethyl adjacent to an activating group) is 1. The summed E-state index contributed by atoms with van der Waals surface area (Å²) in [5.74, 6) is 0.712. The third-order valence-corrected chi connectivity index (χ3v) is 3.65. The monoisotopic (exact) mass is 307 g/mol. The first kappa shape index (κ1) is 16.7. The number of aliphatic hydroxyl groups is 1. The van der Waals surface area contributed by atoms with Gasteiger partial charge < -0.3 is 25.4 Å². The molecule has 22 heavy (non-hydrogen) atoms. The molecular weight excluding hydrogens is 282 g/mol. The highest BCUT2D eigenvalue weighted by molar-refractivity contribution is 5.82. The SMILES string of the molecule is CN(C)CCOc1ccccc1CNC(=O)C1CC(O)CN1. The van der Waals surface area contributed by atoms with Crippen molar-refractivity contribution in [3.63, 3.8) is 0 Å². The highest BCUT2D eigenvalue weighted by Gasteiger charge is 2.27. The van der Waals surface area contributed by atoms with Gasteiger partial charge in [0.1, 0.15) is 12.4 Å². The Morgan fingerprint density at radius 2 is 2.23 bits per heavy atom. The highest BCUT2D eigenvalue weighted by atomic mass is 16.5. The summed E-state index contributed by atoms with van der Waals surface area (Å²) in [6.45, 7) is 2.34. The van der Waals surface area contributed by atoms with Gasteiger partial charge in [0.15, 0.2) is 0 Å². The minimum atomic E-state index is -0.433. The molecule has 0 aliphatic carbocycles. The summed E-state index contributed by atoms with van der Waals surface area (Å²) >= 11 is 0. The Morgan fingerprint density at radius 1 is 1.45 bits per heavy atom. The van der Waals surface area contributed by atoms with Crippen LogP contribution >= 0.6 is 0 Å². The molecule has 6 nitrogen and oxygen atoms in total. The molecule has 1 amide bonds. The van der Waals surface area contributed by atoms with Gasteiger partial charge in [-0.15, -0.1) is 0 Å². The van der Waals surface area contributed by atoms with E-state index in [2.05, 4.69) is 15.5 Å². The quantitative estimate of drug-likeness (QED) is 0.659. The molecule has 0 bridgehead atoms. The summed E-state index contributed by atoms with van der Waals surface area (Å²) in [4.78, 5) is 14.1. The van der Waals surface area contributed by atoms with E-state index in [0.717, 1.165) is 17.9 Å². The molecule has 2 unspecified atom stereocenters. The van der Waals surface area contributed by atoms with E-state index in [4.69, 9.17) is 4.74 Å². The lowest BCUT2D eigenvalue weighted by Gasteiger charge is -2.15. The predicted octanol–water partition coefficient (Wildman–Crippen LogP) is -0.0340. The molecule has 0 spiro atoms. The van der Waals surface area contributed by atoms with E-state index in [1.807, 2.05) is 38.4 Å². The second kappa shape index (κ2) is 8.12. The van der Waals surface area contributed by atoms with Crippen LogP contribution in [0.4, 0.5) is 0 Å².